The van der Waals surface area contributed by atoms with E-state index in [1.165, 1.54) is 96.4 Å². The lowest BCUT2D eigenvalue weighted by molar-refractivity contribution is -0.870. The first-order valence-corrected chi connectivity index (χ1v) is 9.36. The molecule has 0 radical (unpaired) electrons. The van der Waals surface area contributed by atoms with Crippen LogP contribution < -0.4 is 29.4 Å². The molecular formula is C19H42BrClN-. The van der Waals surface area contributed by atoms with Gasteiger partial charge in [0.25, 0.3) is 0 Å². The first-order valence-electron chi connectivity index (χ1n) is 9.36. The normalized spacial score (nSPS) is 10.9. The first kappa shape index (κ1) is 27.6. The van der Waals surface area contributed by atoms with Crippen LogP contribution in [0.1, 0.15) is 96.8 Å². The Hall–Kier alpha value is 0.730. The van der Waals surface area contributed by atoms with Crippen LogP contribution in [0.25, 0.3) is 0 Å². The average Bonchev–Trinajstić information content (AvgIpc) is 2.38. The lowest BCUT2D eigenvalue weighted by atomic mass is 10.0. The van der Waals surface area contributed by atoms with E-state index in [0.29, 0.717) is 0 Å². The van der Waals surface area contributed by atoms with Crippen molar-refractivity contribution >= 4 is 0 Å². The third kappa shape index (κ3) is 25.7. The van der Waals surface area contributed by atoms with Crippen molar-refractivity contribution in [2.45, 2.75) is 96.8 Å². The smallest absolute Gasteiger partial charge is 0.0780 e. The molecule has 1 nitrogen and oxygen atoms in total. The minimum atomic E-state index is 0. The average molecular weight is 400 g/mol. The molecule has 0 aliphatic heterocycles. The lowest BCUT2D eigenvalue weighted by Gasteiger charge is -2.23. The summed E-state index contributed by atoms with van der Waals surface area (Å²) < 4.78 is 1.12. The van der Waals surface area contributed by atoms with E-state index in [2.05, 4.69) is 28.1 Å². The SMILES string of the molecule is CCCCCCCCCCCCCCCC[N+](C)(C)C.[Br-].[Cl-]. The highest BCUT2D eigenvalue weighted by Crippen LogP contribution is 2.13. The van der Waals surface area contributed by atoms with Crippen LogP contribution in [-0.2, 0) is 0 Å². The fourth-order valence-corrected chi connectivity index (χ4v) is 2.78. The van der Waals surface area contributed by atoms with E-state index in [9.17, 15) is 0 Å². The summed E-state index contributed by atoms with van der Waals surface area (Å²) in [4.78, 5) is 0. The van der Waals surface area contributed by atoms with Gasteiger partial charge in [0.2, 0.25) is 0 Å². The number of nitrogens with zero attached hydrogens (tertiary/aromatic N) is 1. The van der Waals surface area contributed by atoms with Crippen LogP contribution in [0.15, 0.2) is 0 Å². The van der Waals surface area contributed by atoms with Gasteiger partial charge in [-0.3, -0.25) is 0 Å². The monoisotopic (exact) mass is 398 g/mol. The van der Waals surface area contributed by atoms with Gasteiger partial charge in [-0.15, -0.1) is 0 Å². The van der Waals surface area contributed by atoms with Gasteiger partial charge in [0, 0.05) is 0 Å². The van der Waals surface area contributed by atoms with Gasteiger partial charge < -0.3 is 33.9 Å². The molecule has 0 aromatic heterocycles. The number of rotatable bonds is 15. The molecule has 0 aromatic carbocycles. The molecule has 0 atom stereocenters. The molecule has 0 saturated heterocycles. The molecule has 0 rings (SSSR count). The Morgan fingerprint density at radius 1 is 0.500 bits per heavy atom. The number of unbranched alkanes of at least 4 members (excludes halogenated alkanes) is 13. The molecule has 22 heavy (non-hydrogen) atoms. The summed E-state index contributed by atoms with van der Waals surface area (Å²) in [6.07, 6.45) is 20.4. The summed E-state index contributed by atoms with van der Waals surface area (Å²) in [6, 6.07) is 0. The van der Waals surface area contributed by atoms with Gasteiger partial charge in [0.05, 0.1) is 27.7 Å². The fourth-order valence-electron chi connectivity index (χ4n) is 2.78. The van der Waals surface area contributed by atoms with E-state index >= 15 is 0 Å². The van der Waals surface area contributed by atoms with Crippen molar-refractivity contribution in [3.8, 4) is 0 Å². The maximum Gasteiger partial charge on any atom is 0.0780 e. The van der Waals surface area contributed by atoms with Crippen LogP contribution in [-0.4, -0.2) is 32.2 Å². The van der Waals surface area contributed by atoms with Crippen molar-refractivity contribution < 1.29 is 33.9 Å². The van der Waals surface area contributed by atoms with Crippen molar-refractivity contribution in [1.29, 1.82) is 0 Å². The van der Waals surface area contributed by atoms with Gasteiger partial charge in [0.15, 0.2) is 0 Å². The molecule has 0 spiro atoms. The summed E-state index contributed by atoms with van der Waals surface area (Å²) in [5.74, 6) is 0. The second-order valence-corrected chi connectivity index (χ2v) is 7.61. The molecule has 3 heteroatoms. The van der Waals surface area contributed by atoms with Crippen molar-refractivity contribution in [2.24, 2.45) is 0 Å². The van der Waals surface area contributed by atoms with Crippen LogP contribution >= 0.6 is 0 Å². The highest BCUT2D eigenvalue weighted by atomic mass is 79.9. The Kier molecular flexibility index (Phi) is 24.8. The molecule has 0 N–H and O–H groups in total. The maximum atomic E-state index is 2.29. The van der Waals surface area contributed by atoms with Gasteiger partial charge >= 0.3 is 0 Å². The molecule has 0 fully saturated rings. The minimum absolute atomic E-state index is 0. The zero-order valence-electron chi connectivity index (χ0n) is 15.8. The third-order valence-corrected chi connectivity index (χ3v) is 4.18. The molecule has 0 amide bonds. The van der Waals surface area contributed by atoms with E-state index < -0.39 is 0 Å². The Balaban J connectivity index is -0.00000180. The summed E-state index contributed by atoms with van der Waals surface area (Å²) >= 11 is 0. The topological polar surface area (TPSA) is 0 Å². The Bertz CT molecular complexity index is 192. The Morgan fingerprint density at radius 2 is 0.773 bits per heavy atom. The standard InChI is InChI=1S/C19H42N.BrH.ClH/c1-5-6-7-8-9-10-11-12-13-14-15-16-17-18-19-20(2,3)4;;/h5-19H2,1-4H3;2*1H/q+1;;/p-2. The van der Waals surface area contributed by atoms with Crippen molar-refractivity contribution in [3.63, 3.8) is 0 Å². The van der Waals surface area contributed by atoms with Gasteiger partial charge in [0.1, 0.15) is 0 Å². The second kappa shape index (κ2) is 19.8. The number of halogens is 2. The molecular weight excluding hydrogens is 358 g/mol. The van der Waals surface area contributed by atoms with E-state index in [0.717, 1.165) is 4.48 Å². The zero-order chi connectivity index (χ0) is 15.1. The van der Waals surface area contributed by atoms with Crippen LogP contribution in [0.2, 0.25) is 0 Å². The summed E-state index contributed by atoms with van der Waals surface area (Å²) in [7, 11) is 6.88. The Morgan fingerprint density at radius 3 is 1.05 bits per heavy atom. The molecule has 0 aliphatic carbocycles. The highest BCUT2D eigenvalue weighted by molar-refractivity contribution is 4.49. The first-order chi connectivity index (χ1) is 9.56. The molecule has 0 aliphatic rings. The maximum absolute atomic E-state index is 2.29. The predicted molar refractivity (Wildman–Crippen MR) is 93.2 cm³/mol. The Labute approximate surface area is 158 Å². The van der Waals surface area contributed by atoms with Gasteiger partial charge in [-0.25, -0.2) is 0 Å². The van der Waals surface area contributed by atoms with Crippen molar-refractivity contribution in [1.82, 2.24) is 0 Å². The van der Waals surface area contributed by atoms with Crippen molar-refractivity contribution in [3.05, 3.63) is 0 Å². The quantitative estimate of drug-likeness (QED) is 0.272. The highest BCUT2D eigenvalue weighted by Gasteiger charge is 2.04. The number of quaternary nitrogens is 1. The number of hydrogen-bond donors (Lipinski definition) is 0. The molecule has 0 heterocycles. The van der Waals surface area contributed by atoms with E-state index in [1.54, 1.807) is 0 Å². The molecule has 0 bridgehead atoms. The van der Waals surface area contributed by atoms with E-state index in [1.807, 2.05) is 0 Å². The molecule has 0 aromatic rings. The number of hydrogen-bond acceptors (Lipinski definition) is 0. The van der Waals surface area contributed by atoms with Crippen LogP contribution in [0.4, 0.5) is 0 Å². The van der Waals surface area contributed by atoms with Crippen LogP contribution in [0, 0.1) is 0 Å². The lowest BCUT2D eigenvalue weighted by Crippen LogP contribution is -3.00. The molecule has 0 saturated carbocycles. The van der Waals surface area contributed by atoms with E-state index in [4.69, 9.17) is 0 Å². The fraction of sp³-hybridized carbons (Fsp3) is 1.00. The van der Waals surface area contributed by atoms with Gasteiger partial charge in [-0.1, -0.05) is 84.0 Å². The third-order valence-electron chi connectivity index (χ3n) is 4.18. The summed E-state index contributed by atoms with van der Waals surface area (Å²) in [5, 5.41) is 0. The summed E-state index contributed by atoms with van der Waals surface area (Å²) in [6.45, 7) is 3.63. The second-order valence-electron chi connectivity index (χ2n) is 7.61. The predicted octanol–water partition coefficient (Wildman–Crippen LogP) is 0.182. The van der Waals surface area contributed by atoms with Crippen molar-refractivity contribution in [2.75, 3.05) is 27.7 Å². The zero-order valence-corrected chi connectivity index (χ0v) is 18.2. The van der Waals surface area contributed by atoms with Crippen LogP contribution in [0.5, 0.6) is 0 Å². The minimum Gasteiger partial charge on any atom is -1.00 e. The molecule has 138 valence electrons. The van der Waals surface area contributed by atoms with Gasteiger partial charge in [-0.2, -0.15) is 0 Å². The van der Waals surface area contributed by atoms with E-state index in [-0.39, 0.29) is 29.4 Å². The largest absolute Gasteiger partial charge is 1.00 e. The summed E-state index contributed by atoms with van der Waals surface area (Å²) in [5.41, 5.74) is 0. The van der Waals surface area contributed by atoms with Crippen LogP contribution in [0.3, 0.4) is 0 Å². The molecule has 0 unspecified atom stereocenters. The van der Waals surface area contributed by atoms with Gasteiger partial charge in [-0.05, 0) is 12.8 Å².